The Morgan fingerprint density at radius 2 is 1.67 bits per heavy atom. The van der Waals surface area contributed by atoms with Crippen LogP contribution in [0.1, 0.15) is 103 Å². The first kappa shape index (κ1) is 25.7. The van der Waals surface area contributed by atoms with Gasteiger partial charge in [0, 0.05) is 5.56 Å². The fraction of sp³-hybridized carbons (Fsp3) is 0.640. The summed E-state index contributed by atoms with van der Waals surface area (Å²) in [5.41, 5.74) is 2.06. The zero-order chi connectivity index (χ0) is 22.2. The van der Waals surface area contributed by atoms with Gasteiger partial charge in [0.2, 0.25) is 11.7 Å². The van der Waals surface area contributed by atoms with Crippen molar-refractivity contribution in [1.82, 2.24) is 10.1 Å². The molecule has 5 nitrogen and oxygen atoms in total. The third-order valence-corrected chi connectivity index (χ3v) is 5.09. The highest BCUT2D eigenvalue weighted by Gasteiger charge is 2.15. The molecule has 1 aromatic carbocycles. The van der Waals surface area contributed by atoms with Gasteiger partial charge in [0.05, 0.1) is 13.2 Å². The lowest BCUT2D eigenvalue weighted by Crippen LogP contribution is -1.95. The second-order valence-electron chi connectivity index (χ2n) is 7.41. The van der Waals surface area contributed by atoms with E-state index in [0.717, 1.165) is 24.2 Å². The van der Waals surface area contributed by atoms with E-state index in [-0.39, 0.29) is 0 Å². The zero-order valence-corrected chi connectivity index (χ0v) is 19.5. The van der Waals surface area contributed by atoms with Crippen molar-refractivity contribution in [2.24, 2.45) is 0 Å². The minimum absolute atomic E-state index is 0.355. The second-order valence-corrected chi connectivity index (χ2v) is 7.41. The van der Waals surface area contributed by atoms with Crippen LogP contribution in [0.2, 0.25) is 0 Å². The molecule has 1 aromatic heterocycles. The summed E-state index contributed by atoms with van der Waals surface area (Å²) in [4.78, 5) is 4.36. The van der Waals surface area contributed by atoms with Crippen LogP contribution in [0.5, 0.6) is 5.75 Å². The maximum absolute atomic E-state index is 9.00. The molecule has 0 aliphatic rings. The van der Waals surface area contributed by atoms with Crippen molar-refractivity contribution in [1.29, 1.82) is 5.26 Å². The first-order valence-corrected chi connectivity index (χ1v) is 11.6. The summed E-state index contributed by atoms with van der Waals surface area (Å²) in [6.07, 6.45) is 12.8. The standard InChI is InChI=1S/C23H33N3O2.C2H6/c1-4-5-6-7-8-9-10-11-12-13-19-16-20(14-15-21(19)27-3)22-25-23(28-26-22)18(2)17-24;1-2/h14-16,18H,4-13H2,1-3H3;1-2H3. The fourth-order valence-electron chi connectivity index (χ4n) is 3.32. The number of aryl methyl sites for hydroxylation is 1. The van der Waals surface area contributed by atoms with Gasteiger partial charge in [-0.25, -0.2) is 0 Å². The van der Waals surface area contributed by atoms with Crippen LogP contribution < -0.4 is 4.74 Å². The van der Waals surface area contributed by atoms with Gasteiger partial charge in [-0.15, -0.1) is 0 Å². The molecule has 2 aromatic rings. The number of unbranched alkanes of at least 4 members (excludes halogenated alkanes) is 8. The van der Waals surface area contributed by atoms with E-state index >= 15 is 0 Å². The SMILES string of the molecule is CC.CCCCCCCCCCCc1cc(-c2noc(C(C)C#N)n2)ccc1OC. The normalized spacial score (nSPS) is 11.3. The molecule has 0 spiro atoms. The molecule has 30 heavy (non-hydrogen) atoms. The monoisotopic (exact) mass is 413 g/mol. The molecule has 0 radical (unpaired) electrons. The number of nitrogens with zero attached hydrogens (tertiary/aromatic N) is 3. The Morgan fingerprint density at radius 1 is 1.03 bits per heavy atom. The maximum Gasteiger partial charge on any atom is 0.244 e. The lowest BCUT2D eigenvalue weighted by atomic mass is 10.0. The van der Waals surface area contributed by atoms with Gasteiger partial charge < -0.3 is 9.26 Å². The van der Waals surface area contributed by atoms with Gasteiger partial charge in [-0.3, -0.25) is 0 Å². The third kappa shape index (κ3) is 8.57. The number of benzene rings is 1. The molecule has 1 heterocycles. The van der Waals surface area contributed by atoms with Gasteiger partial charge in [-0.1, -0.05) is 77.3 Å². The van der Waals surface area contributed by atoms with Gasteiger partial charge in [0.25, 0.3) is 0 Å². The highest BCUT2D eigenvalue weighted by atomic mass is 16.5. The third-order valence-electron chi connectivity index (χ3n) is 5.09. The van der Waals surface area contributed by atoms with Gasteiger partial charge >= 0.3 is 0 Å². The van der Waals surface area contributed by atoms with Crippen molar-refractivity contribution in [2.75, 3.05) is 7.11 Å². The van der Waals surface area contributed by atoms with Crippen LogP contribution in [0.15, 0.2) is 22.7 Å². The van der Waals surface area contributed by atoms with Crippen molar-refractivity contribution in [3.8, 4) is 23.2 Å². The fourth-order valence-corrected chi connectivity index (χ4v) is 3.32. The number of hydrogen-bond acceptors (Lipinski definition) is 5. The van der Waals surface area contributed by atoms with E-state index in [1.165, 1.54) is 56.9 Å². The molecule has 0 N–H and O–H groups in total. The molecule has 0 aliphatic heterocycles. The molecule has 0 bridgehead atoms. The number of aromatic nitrogens is 2. The predicted octanol–water partition coefficient (Wildman–Crippen LogP) is 7.47. The summed E-state index contributed by atoms with van der Waals surface area (Å²) in [5.74, 6) is 1.38. The summed E-state index contributed by atoms with van der Waals surface area (Å²) in [6, 6.07) is 8.09. The van der Waals surface area contributed by atoms with Crippen molar-refractivity contribution in [2.45, 2.75) is 97.8 Å². The van der Waals surface area contributed by atoms with Crippen molar-refractivity contribution >= 4 is 0 Å². The van der Waals surface area contributed by atoms with Crippen LogP contribution in [0, 0.1) is 11.3 Å². The quantitative estimate of drug-likeness (QED) is 0.318. The molecule has 0 fully saturated rings. The van der Waals surface area contributed by atoms with Crippen LogP contribution in [-0.4, -0.2) is 17.3 Å². The molecule has 0 saturated carbocycles. The van der Waals surface area contributed by atoms with Gasteiger partial charge in [0.1, 0.15) is 11.7 Å². The first-order valence-electron chi connectivity index (χ1n) is 11.6. The highest BCUT2D eigenvalue weighted by Crippen LogP contribution is 2.27. The molecular formula is C25H39N3O2. The Bertz CT molecular complexity index is 749. The molecular weight excluding hydrogens is 374 g/mol. The van der Waals surface area contributed by atoms with Gasteiger partial charge in [-0.2, -0.15) is 10.2 Å². The largest absolute Gasteiger partial charge is 0.496 e. The topological polar surface area (TPSA) is 71.9 Å². The molecule has 1 unspecified atom stereocenters. The Kier molecular flexibility index (Phi) is 13.3. The molecule has 166 valence electrons. The van der Waals surface area contributed by atoms with E-state index in [1.807, 2.05) is 26.0 Å². The maximum atomic E-state index is 9.00. The van der Waals surface area contributed by atoms with Crippen molar-refractivity contribution in [3.05, 3.63) is 29.7 Å². The summed E-state index contributed by atoms with van der Waals surface area (Å²) in [5, 5.41) is 13.0. The summed E-state index contributed by atoms with van der Waals surface area (Å²) < 4.78 is 10.7. The van der Waals surface area contributed by atoms with E-state index in [9.17, 15) is 0 Å². The zero-order valence-electron chi connectivity index (χ0n) is 19.5. The summed E-state index contributed by atoms with van der Waals surface area (Å²) in [7, 11) is 1.70. The van der Waals surface area contributed by atoms with Gasteiger partial charge in [-0.05, 0) is 43.5 Å². The Labute approximate surface area is 182 Å². The Morgan fingerprint density at radius 3 is 2.27 bits per heavy atom. The number of methoxy groups -OCH3 is 1. The van der Waals surface area contributed by atoms with E-state index in [4.69, 9.17) is 14.5 Å². The molecule has 0 amide bonds. The molecule has 1 atom stereocenters. The number of rotatable bonds is 13. The van der Waals surface area contributed by atoms with E-state index in [0.29, 0.717) is 11.7 Å². The van der Waals surface area contributed by atoms with Crippen LogP contribution in [0.4, 0.5) is 0 Å². The molecule has 0 aliphatic carbocycles. The van der Waals surface area contributed by atoms with Crippen molar-refractivity contribution < 1.29 is 9.26 Å². The Hall–Kier alpha value is -2.35. The average molecular weight is 414 g/mol. The molecule has 5 heteroatoms. The summed E-state index contributed by atoms with van der Waals surface area (Å²) in [6.45, 7) is 8.01. The minimum atomic E-state index is -0.402. The summed E-state index contributed by atoms with van der Waals surface area (Å²) >= 11 is 0. The predicted molar refractivity (Wildman–Crippen MR) is 123 cm³/mol. The number of hydrogen-bond donors (Lipinski definition) is 0. The lowest BCUT2D eigenvalue weighted by Gasteiger charge is -2.10. The smallest absolute Gasteiger partial charge is 0.244 e. The average Bonchev–Trinajstić information content (AvgIpc) is 3.29. The van der Waals surface area contributed by atoms with Crippen LogP contribution in [0.3, 0.4) is 0 Å². The van der Waals surface area contributed by atoms with Crippen LogP contribution in [-0.2, 0) is 6.42 Å². The number of nitriles is 1. The van der Waals surface area contributed by atoms with E-state index in [1.54, 1.807) is 14.0 Å². The van der Waals surface area contributed by atoms with E-state index < -0.39 is 5.92 Å². The minimum Gasteiger partial charge on any atom is -0.496 e. The van der Waals surface area contributed by atoms with Gasteiger partial charge in [0.15, 0.2) is 0 Å². The van der Waals surface area contributed by atoms with Crippen LogP contribution in [0.25, 0.3) is 11.4 Å². The Balaban J connectivity index is 0.00000218. The van der Waals surface area contributed by atoms with E-state index in [2.05, 4.69) is 29.2 Å². The molecule has 0 saturated heterocycles. The van der Waals surface area contributed by atoms with Crippen molar-refractivity contribution in [3.63, 3.8) is 0 Å². The number of ether oxygens (including phenoxy) is 1. The van der Waals surface area contributed by atoms with Crippen LogP contribution >= 0.6 is 0 Å². The second kappa shape index (κ2) is 15.5. The highest BCUT2D eigenvalue weighted by molar-refractivity contribution is 5.58. The lowest BCUT2D eigenvalue weighted by molar-refractivity contribution is 0.374. The molecule has 2 rings (SSSR count). The first-order chi connectivity index (χ1) is 14.7.